The zero-order valence-electron chi connectivity index (χ0n) is 20.4. The number of benzene rings is 1. The quantitative estimate of drug-likeness (QED) is 0.336. The Kier molecular flexibility index (Phi) is 7.73. The molecular formula is C26H30N2O6. The summed E-state index contributed by atoms with van der Waals surface area (Å²) in [5.74, 6) is -1.25. The molecule has 8 heteroatoms. The van der Waals surface area contributed by atoms with E-state index in [-0.39, 0.29) is 17.1 Å². The second kappa shape index (κ2) is 10.5. The maximum atomic E-state index is 13.3. The van der Waals surface area contributed by atoms with Crippen LogP contribution in [0.2, 0.25) is 0 Å². The number of para-hydroxylation sites is 1. The van der Waals surface area contributed by atoms with Crippen molar-refractivity contribution in [3.63, 3.8) is 0 Å². The highest BCUT2D eigenvalue weighted by Crippen LogP contribution is 2.33. The van der Waals surface area contributed by atoms with Crippen LogP contribution in [0.25, 0.3) is 11.8 Å². The van der Waals surface area contributed by atoms with Gasteiger partial charge in [0.15, 0.2) is 0 Å². The topological polar surface area (TPSA) is 87.1 Å². The number of amides is 1. The summed E-state index contributed by atoms with van der Waals surface area (Å²) in [6.07, 6.45) is 2.36. The van der Waals surface area contributed by atoms with Gasteiger partial charge < -0.3 is 23.7 Å². The fourth-order valence-electron chi connectivity index (χ4n) is 4.28. The Bertz CT molecular complexity index is 1190. The molecule has 34 heavy (non-hydrogen) atoms. The number of carbonyl (C=O) groups is 3. The maximum Gasteiger partial charge on any atom is 0.340 e. The van der Waals surface area contributed by atoms with Crippen LogP contribution in [0.15, 0.2) is 47.2 Å². The van der Waals surface area contributed by atoms with Crippen molar-refractivity contribution in [2.24, 2.45) is 0 Å². The number of ether oxygens (including phenoxy) is 3. The average molecular weight is 467 g/mol. The SMILES string of the molecule is COCCCN1C(=O)/C(=C\c2cc(C)n(-c3ccccc3C(=O)OC)c2C)C(C(=O)OC)=C1C. The summed E-state index contributed by atoms with van der Waals surface area (Å²) < 4.78 is 17.0. The number of hydrogen-bond acceptors (Lipinski definition) is 6. The van der Waals surface area contributed by atoms with Gasteiger partial charge in [-0.3, -0.25) is 4.79 Å². The van der Waals surface area contributed by atoms with Gasteiger partial charge in [-0.05, 0) is 57.0 Å². The van der Waals surface area contributed by atoms with E-state index in [1.165, 1.54) is 14.2 Å². The van der Waals surface area contributed by atoms with Crippen molar-refractivity contribution in [1.29, 1.82) is 0 Å². The van der Waals surface area contributed by atoms with Crippen molar-refractivity contribution in [3.8, 4) is 5.69 Å². The number of aryl methyl sites for hydroxylation is 1. The van der Waals surface area contributed by atoms with Gasteiger partial charge in [-0.25, -0.2) is 9.59 Å². The molecule has 0 spiro atoms. The van der Waals surface area contributed by atoms with Gasteiger partial charge in [0.2, 0.25) is 0 Å². The summed E-state index contributed by atoms with van der Waals surface area (Å²) >= 11 is 0. The number of carbonyl (C=O) groups excluding carboxylic acids is 3. The molecular weight excluding hydrogens is 436 g/mol. The summed E-state index contributed by atoms with van der Waals surface area (Å²) in [5, 5.41) is 0. The van der Waals surface area contributed by atoms with Crippen LogP contribution in [0.3, 0.4) is 0 Å². The number of esters is 2. The van der Waals surface area contributed by atoms with Gasteiger partial charge >= 0.3 is 11.9 Å². The molecule has 3 rings (SSSR count). The molecule has 1 aliphatic rings. The summed E-state index contributed by atoms with van der Waals surface area (Å²) in [4.78, 5) is 39.8. The zero-order chi connectivity index (χ0) is 25.0. The third kappa shape index (κ3) is 4.54. The molecule has 1 aromatic carbocycles. The molecule has 0 bridgehead atoms. The lowest BCUT2D eigenvalue weighted by Gasteiger charge is -2.17. The molecule has 0 saturated carbocycles. The average Bonchev–Trinajstić information content (AvgIpc) is 3.24. The summed E-state index contributed by atoms with van der Waals surface area (Å²) in [6, 6.07) is 9.09. The highest BCUT2D eigenvalue weighted by molar-refractivity contribution is 6.16. The van der Waals surface area contributed by atoms with E-state index < -0.39 is 11.9 Å². The third-order valence-corrected chi connectivity index (χ3v) is 5.95. The number of nitrogens with zero attached hydrogens (tertiary/aromatic N) is 2. The Labute approximate surface area is 199 Å². The standard InChI is InChI=1S/C26H30N2O6/c1-16-14-19(17(2)28(16)22-11-8-7-10-20(22)25(30)33-5)15-21-23(26(31)34-6)18(3)27(24(21)29)12-9-13-32-4/h7-8,10-11,14-15H,9,12-13H2,1-6H3/b21-15-. The van der Waals surface area contributed by atoms with Crippen molar-refractivity contribution in [2.75, 3.05) is 34.5 Å². The molecule has 0 N–H and O–H groups in total. The lowest BCUT2D eigenvalue weighted by atomic mass is 10.0. The molecule has 0 radical (unpaired) electrons. The summed E-state index contributed by atoms with van der Waals surface area (Å²) in [5.41, 5.74) is 4.63. The molecule has 1 amide bonds. The molecule has 2 aromatic rings. The van der Waals surface area contributed by atoms with Gasteiger partial charge in [-0.2, -0.15) is 0 Å². The number of rotatable bonds is 8. The van der Waals surface area contributed by atoms with Gasteiger partial charge in [0.1, 0.15) is 0 Å². The Morgan fingerprint density at radius 3 is 2.32 bits per heavy atom. The Morgan fingerprint density at radius 2 is 1.68 bits per heavy atom. The first-order valence-corrected chi connectivity index (χ1v) is 11.0. The predicted molar refractivity (Wildman–Crippen MR) is 127 cm³/mol. The molecule has 0 aliphatic carbocycles. The summed E-state index contributed by atoms with van der Waals surface area (Å²) in [6.45, 7) is 6.50. The molecule has 1 aliphatic heterocycles. The normalized spacial score (nSPS) is 14.8. The Morgan fingerprint density at radius 1 is 1.00 bits per heavy atom. The molecule has 8 nitrogen and oxygen atoms in total. The van der Waals surface area contributed by atoms with Crippen LogP contribution in [0, 0.1) is 13.8 Å². The number of hydrogen-bond donors (Lipinski definition) is 0. The van der Waals surface area contributed by atoms with Crippen LogP contribution in [-0.4, -0.2) is 61.8 Å². The van der Waals surface area contributed by atoms with Crippen molar-refractivity contribution in [1.82, 2.24) is 9.47 Å². The second-order valence-electron chi connectivity index (χ2n) is 7.98. The van der Waals surface area contributed by atoms with Crippen molar-refractivity contribution >= 4 is 23.9 Å². The van der Waals surface area contributed by atoms with E-state index in [1.54, 1.807) is 37.1 Å². The van der Waals surface area contributed by atoms with Crippen LogP contribution < -0.4 is 0 Å². The smallest absolute Gasteiger partial charge is 0.340 e. The second-order valence-corrected chi connectivity index (χ2v) is 7.98. The predicted octanol–water partition coefficient (Wildman–Crippen LogP) is 3.59. The monoisotopic (exact) mass is 466 g/mol. The number of allylic oxidation sites excluding steroid dienone is 1. The lowest BCUT2D eigenvalue weighted by Crippen LogP contribution is -2.26. The number of methoxy groups -OCH3 is 3. The van der Waals surface area contributed by atoms with Gasteiger partial charge in [-0.1, -0.05) is 12.1 Å². The molecule has 180 valence electrons. The van der Waals surface area contributed by atoms with Gasteiger partial charge in [0.25, 0.3) is 5.91 Å². The van der Waals surface area contributed by atoms with E-state index >= 15 is 0 Å². The van der Waals surface area contributed by atoms with Crippen molar-refractivity contribution < 1.29 is 28.6 Å². The minimum atomic E-state index is -0.559. The maximum absolute atomic E-state index is 13.3. The van der Waals surface area contributed by atoms with Crippen molar-refractivity contribution in [3.05, 3.63) is 69.7 Å². The van der Waals surface area contributed by atoms with Crippen molar-refractivity contribution in [2.45, 2.75) is 27.2 Å². The molecule has 0 saturated heterocycles. The minimum Gasteiger partial charge on any atom is -0.465 e. The highest BCUT2D eigenvalue weighted by atomic mass is 16.5. The Balaban J connectivity index is 2.11. The fraction of sp³-hybridized carbons (Fsp3) is 0.346. The molecule has 1 aromatic heterocycles. The first-order chi connectivity index (χ1) is 16.3. The Hall–Kier alpha value is -3.65. The van der Waals surface area contributed by atoms with Crippen LogP contribution >= 0.6 is 0 Å². The van der Waals surface area contributed by atoms with Gasteiger partial charge in [-0.15, -0.1) is 0 Å². The summed E-state index contributed by atoms with van der Waals surface area (Å²) in [7, 11) is 4.25. The van der Waals surface area contributed by atoms with Crippen LogP contribution in [-0.2, 0) is 23.8 Å². The highest BCUT2D eigenvalue weighted by Gasteiger charge is 2.37. The van der Waals surface area contributed by atoms with E-state index in [4.69, 9.17) is 14.2 Å². The first kappa shape index (κ1) is 25.0. The largest absolute Gasteiger partial charge is 0.465 e. The van der Waals surface area contributed by atoms with Gasteiger partial charge in [0, 0.05) is 37.3 Å². The van der Waals surface area contributed by atoms with E-state index in [2.05, 4.69) is 0 Å². The van der Waals surface area contributed by atoms with E-state index in [9.17, 15) is 14.4 Å². The van der Waals surface area contributed by atoms with Crippen LogP contribution in [0.5, 0.6) is 0 Å². The minimum absolute atomic E-state index is 0.254. The van der Waals surface area contributed by atoms with Gasteiger partial charge in [0.05, 0.1) is 36.6 Å². The number of aromatic nitrogens is 1. The molecule has 0 fully saturated rings. The van der Waals surface area contributed by atoms with Crippen LogP contribution in [0.4, 0.5) is 0 Å². The fourth-order valence-corrected chi connectivity index (χ4v) is 4.28. The van der Waals surface area contributed by atoms with E-state index in [1.807, 2.05) is 36.6 Å². The van der Waals surface area contributed by atoms with E-state index in [0.717, 1.165) is 17.0 Å². The molecule has 0 atom stereocenters. The first-order valence-electron chi connectivity index (χ1n) is 11.0. The molecule has 0 unspecified atom stereocenters. The molecule has 2 heterocycles. The lowest BCUT2D eigenvalue weighted by molar-refractivity contribution is -0.136. The van der Waals surface area contributed by atoms with E-state index in [0.29, 0.717) is 36.5 Å². The van der Waals surface area contributed by atoms with Crippen LogP contribution in [0.1, 0.15) is 40.7 Å². The third-order valence-electron chi connectivity index (χ3n) is 5.95. The zero-order valence-corrected chi connectivity index (χ0v) is 20.4.